The molecule has 1 heterocycles. The molecular weight excluding hydrogens is 442 g/mol. The number of carbonyl (C=O) groups is 2. The first-order valence-electron chi connectivity index (χ1n) is 11.3. The molecule has 0 fully saturated rings. The number of nitrogens with one attached hydrogen (secondary N) is 3. The third-order valence-electron chi connectivity index (χ3n) is 5.78. The summed E-state index contributed by atoms with van der Waals surface area (Å²) in [5.41, 5.74) is 3.14. The van der Waals surface area contributed by atoms with Crippen molar-refractivity contribution >= 4 is 28.9 Å². The molecule has 3 aromatic rings. The number of hydrogen-bond acceptors (Lipinski definition) is 5. The van der Waals surface area contributed by atoms with E-state index in [9.17, 15) is 9.59 Å². The summed E-state index contributed by atoms with van der Waals surface area (Å²) in [5, 5.41) is 9.16. The van der Waals surface area contributed by atoms with Gasteiger partial charge in [0.2, 0.25) is 0 Å². The Morgan fingerprint density at radius 2 is 1.26 bits per heavy atom. The molecule has 35 heavy (non-hydrogen) atoms. The lowest BCUT2D eigenvalue weighted by Crippen LogP contribution is -2.45. The number of hydrogen-bond donors (Lipinski definition) is 3. The van der Waals surface area contributed by atoms with Gasteiger partial charge in [-0.05, 0) is 74.4 Å². The van der Waals surface area contributed by atoms with Crippen LogP contribution in [0.5, 0.6) is 11.5 Å². The van der Waals surface area contributed by atoms with Crippen LogP contribution < -0.4 is 25.4 Å². The van der Waals surface area contributed by atoms with Crippen LogP contribution in [-0.2, 0) is 16.0 Å². The van der Waals surface area contributed by atoms with Gasteiger partial charge in [-0.25, -0.2) is 0 Å². The summed E-state index contributed by atoms with van der Waals surface area (Å²) in [7, 11) is 3.15. The minimum atomic E-state index is -0.517. The summed E-state index contributed by atoms with van der Waals surface area (Å²) in [6.45, 7) is 4.09. The lowest BCUT2D eigenvalue weighted by atomic mass is 9.84. The van der Waals surface area contributed by atoms with Crippen molar-refractivity contribution in [2.75, 3.05) is 24.9 Å². The molecule has 1 aliphatic heterocycles. The van der Waals surface area contributed by atoms with E-state index in [0.717, 1.165) is 17.5 Å². The first-order chi connectivity index (χ1) is 16.8. The van der Waals surface area contributed by atoms with Crippen LogP contribution in [0.1, 0.15) is 25.0 Å². The lowest BCUT2D eigenvalue weighted by Gasteiger charge is -2.36. The number of amides is 2. The Morgan fingerprint density at radius 3 is 1.74 bits per heavy atom. The van der Waals surface area contributed by atoms with E-state index in [1.807, 2.05) is 38.1 Å². The fraction of sp³-hybridized carbons (Fsp3) is 0.214. The number of carbonyl (C=O) groups excluding carboxylic acids is 2. The van der Waals surface area contributed by atoms with Crippen molar-refractivity contribution < 1.29 is 19.1 Å². The van der Waals surface area contributed by atoms with E-state index in [1.54, 1.807) is 62.8 Å². The second-order valence-electron chi connectivity index (χ2n) is 8.96. The molecule has 0 aromatic heterocycles. The van der Waals surface area contributed by atoms with E-state index in [-0.39, 0.29) is 11.1 Å². The van der Waals surface area contributed by atoms with Crippen molar-refractivity contribution in [2.45, 2.75) is 25.8 Å². The molecule has 0 saturated carbocycles. The largest absolute Gasteiger partial charge is 0.497 e. The molecule has 4 rings (SSSR count). The monoisotopic (exact) mass is 471 g/mol. The molecule has 1 aliphatic rings. The molecule has 3 aromatic carbocycles. The van der Waals surface area contributed by atoms with E-state index in [4.69, 9.17) is 9.47 Å². The summed E-state index contributed by atoms with van der Waals surface area (Å²) in [5.74, 6) is 0.305. The zero-order valence-electron chi connectivity index (χ0n) is 20.3. The van der Waals surface area contributed by atoms with Gasteiger partial charge in [0.25, 0.3) is 11.8 Å². The summed E-state index contributed by atoms with van der Waals surface area (Å²) in [4.78, 5) is 27.2. The van der Waals surface area contributed by atoms with Crippen LogP contribution in [-0.4, -0.2) is 31.6 Å². The highest BCUT2D eigenvalue weighted by atomic mass is 16.5. The summed E-state index contributed by atoms with van der Waals surface area (Å²) in [6.07, 6.45) is 0.764. The Balaban J connectivity index is 1.76. The highest BCUT2D eigenvalue weighted by Crippen LogP contribution is 2.32. The van der Waals surface area contributed by atoms with Gasteiger partial charge in [0, 0.05) is 22.5 Å². The fourth-order valence-electron chi connectivity index (χ4n) is 4.11. The molecule has 0 unspecified atom stereocenters. The van der Waals surface area contributed by atoms with Crippen molar-refractivity contribution in [2.24, 2.45) is 0 Å². The quantitative estimate of drug-likeness (QED) is 0.277. The van der Waals surface area contributed by atoms with Crippen molar-refractivity contribution in [3.05, 3.63) is 89.5 Å². The Morgan fingerprint density at radius 1 is 0.771 bits per heavy atom. The van der Waals surface area contributed by atoms with Gasteiger partial charge in [-0.1, -0.05) is 24.3 Å². The zero-order chi connectivity index (χ0) is 25.0. The minimum absolute atomic E-state index is 0.00291. The number of ether oxygens (including phenoxy) is 2. The zero-order valence-corrected chi connectivity index (χ0v) is 20.3. The van der Waals surface area contributed by atoms with Crippen LogP contribution in [0.15, 0.2) is 78.4 Å². The molecule has 0 aliphatic carbocycles. The van der Waals surface area contributed by atoms with Crippen LogP contribution in [0.4, 0.5) is 11.4 Å². The van der Waals surface area contributed by atoms with Gasteiger partial charge < -0.3 is 25.4 Å². The maximum atomic E-state index is 13.6. The van der Waals surface area contributed by atoms with E-state index < -0.39 is 11.8 Å². The highest BCUT2D eigenvalue weighted by molar-refractivity contribution is 6.30. The maximum Gasteiger partial charge on any atom is 0.263 e. The first kappa shape index (κ1) is 23.9. The Bertz CT molecular complexity index is 1200. The molecular formula is C28H29N3O4. The predicted molar refractivity (Wildman–Crippen MR) is 138 cm³/mol. The fourth-order valence-corrected chi connectivity index (χ4v) is 4.11. The van der Waals surface area contributed by atoms with Gasteiger partial charge in [-0.3, -0.25) is 9.59 Å². The van der Waals surface area contributed by atoms with Crippen LogP contribution in [0.3, 0.4) is 0 Å². The molecule has 7 nitrogen and oxygen atoms in total. The second kappa shape index (κ2) is 9.93. The second-order valence-corrected chi connectivity index (χ2v) is 8.96. The molecule has 0 saturated heterocycles. The van der Waals surface area contributed by atoms with E-state index in [0.29, 0.717) is 28.6 Å². The van der Waals surface area contributed by atoms with Gasteiger partial charge in [0.05, 0.1) is 19.9 Å². The summed E-state index contributed by atoms with van der Waals surface area (Å²) >= 11 is 0. The van der Waals surface area contributed by atoms with Crippen molar-refractivity contribution in [1.29, 1.82) is 0 Å². The van der Waals surface area contributed by atoms with Crippen LogP contribution in [0, 0.1) is 0 Å². The number of methoxy groups -OCH3 is 2. The van der Waals surface area contributed by atoms with Crippen molar-refractivity contribution in [3.8, 4) is 11.5 Å². The number of fused-ring (bicyclic) bond motifs is 1. The molecule has 0 radical (unpaired) electrons. The van der Waals surface area contributed by atoms with Gasteiger partial charge in [0.1, 0.15) is 17.1 Å². The van der Waals surface area contributed by atoms with Gasteiger partial charge in [-0.15, -0.1) is 0 Å². The SMILES string of the molecule is COc1ccc(NC(=O)C(C(=O)Nc2ccc(OC)cc2)=C2NC(C)(C)Cc3ccccc32)cc1. The number of anilines is 2. The molecule has 0 atom stereocenters. The molecule has 0 bridgehead atoms. The molecule has 3 N–H and O–H groups in total. The smallest absolute Gasteiger partial charge is 0.263 e. The standard InChI is InChI=1S/C28H29N3O4/c1-28(2)17-18-7-5-6-8-23(18)25(31-28)24(26(32)29-19-9-13-21(34-3)14-10-19)27(33)30-20-11-15-22(35-4)16-12-20/h5-16,31H,17H2,1-4H3,(H,29,32)(H,30,33). The lowest BCUT2D eigenvalue weighted by molar-refractivity contribution is -0.118. The Kier molecular flexibility index (Phi) is 6.78. The Labute approximate surface area is 205 Å². The highest BCUT2D eigenvalue weighted by Gasteiger charge is 2.33. The van der Waals surface area contributed by atoms with Gasteiger partial charge >= 0.3 is 0 Å². The number of rotatable bonds is 6. The van der Waals surface area contributed by atoms with Crippen LogP contribution in [0.25, 0.3) is 5.70 Å². The summed E-state index contributed by atoms with van der Waals surface area (Å²) < 4.78 is 10.4. The minimum Gasteiger partial charge on any atom is -0.497 e. The Hall–Kier alpha value is -4.26. The van der Waals surface area contributed by atoms with Crippen LogP contribution >= 0.6 is 0 Å². The maximum absolute atomic E-state index is 13.6. The van der Waals surface area contributed by atoms with E-state index in [2.05, 4.69) is 16.0 Å². The third-order valence-corrected chi connectivity index (χ3v) is 5.78. The topological polar surface area (TPSA) is 88.7 Å². The molecule has 180 valence electrons. The predicted octanol–water partition coefficient (Wildman–Crippen LogP) is 4.62. The molecule has 0 spiro atoms. The first-order valence-corrected chi connectivity index (χ1v) is 11.3. The average Bonchev–Trinajstić information content (AvgIpc) is 2.84. The van der Waals surface area contributed by atoms with Gasteiger partial charge in [-0.2, -0.15) is 0 Å². The number of benzene rings is 3. The average molecular weight is 472 g/mol. The molecule has 2 amide bonds. The molecule has 7 heteroatoms. The van der Waals surface area contributed by atoms with E-state index in [1.165, 1.54) is 0 Å². The third kappa shape index (κ3) is 5.46. The normalized spacial score (nSPS) is 13.7. The van der Waals surface area contributed by atoms with E-state index >= 15 is 0 Å². The van der Waals surface area contributed by atoms with Gasteiger partial charge in [0.15, 0.2) is 0 Å². The van der Waals surface area contributed by atoms with Crippen LogP contribution in [0.2, 0.25) is 0 Å². The summed E-state index contributed by atoms with van der Waals surface area (Å²) in [6, 6.07) is 21.7. The van der Waals surface area contributed by atoms with Crippen molar-refractivity contribution in [3.63, 3.8) is 0 Å². The van der Waals surface area contributed by atoms with Crippen molar-refractivity contribution in [1.82, 2.24) is 5.32 Å².